The van der Waals surface area contributed by atoms with Gasteiger partial charge < -0.3 is 9.47 Å². The summed E-state index contributed by atoms with van der Waals surface area (Å²) in [6.45, 7) is 1.13. The molecule has 2 aromatic rings. The maximum absolute atomic E-state index is 2.32. The molecule has 0 radical (unpaired) electrons. The highest BCUT2D eigenvalue weighted by Crippen LogP contribution is 2.31. The molecule has 0 spiro atoms. The van der Waals surface area contributed by atoms with Gasteiger partial charge in [0.05, 0.1) is 5.69 Å². The molecule has 0 amide bonds. The van der Waals surface area contributed by atoms with E-state index in [2.05, 4.69) is 59.2 Å². The van der Waals surface area contributed by atoms with Gasteiger partial charge in [0.1, 0.15) is 0 Å². The molecule has 2 nitrogen and oxygen atoms in total. The molecule has 1 aliphatic rings. The van der Waals surface area contributed by atoms with E-state index in [1.54, 1.807) is 0 Å². The van der Waals surface area contributed by atoms with Gasteiger partial charge in [-0.3, -0.25) is 0 Å². The van der Waals surface area contributed by atoms with E-state index in [1.165, 1.54) is 16.9 Å². The van der Waals surface area contributed by atoms with Crippen LogP contribution in [0, 0.1) is 0 Å². The van der Waals surface area contributed by atoms with Crippen molar-refractivity contribution in [1.82, 2.24) is 4.57 Å². The van der Waals surface area contributed by atoms with Gasteiger partial charge in [-0.25, -0.2) is 0 Å². The average Bonchev–Trinajstić information content (AvgIpc) is 2.88. The van der Waals surface area contributed by atoms with E-state index in [-0.39, 0.29) is 0 Å². The van der Waals surface area contributed by atoms with E-state index in [0.29, 0.717) is 0 Å². The first kappa shape index (κ1) is 8.60. The Kier molecular flexibility index (Phi) is 1.81. The summed E-state index contributed by atoms with van der Waals surface area (Å²) in [4.78, 5) is 2.32. The number of fused-ring (bicyclic) bond motifs is 1. The van der Waals surface area contributed by atoms with Crippen LogP contribution in [0.1, 0.15) is 5.56 Å². The molecule has 1 aromatic carbocycles. The summed E-state index contributed by atoms with van der Waals surface area (Å²) >= 11 is 0. The van der Waals surface area contributed by atoms with Crippen molar-refractivity contribution in [3.63, 3.8) is 0 Å². The Labute approximate surface area is 89.8 Å². The summed E-state index contributed by atoms with van der Waals surface area (Å²) in [7, 11) is 2.16. The zero-order valence-electron chi connectivity index (χ0n) is 8.85. The van der Waals surface area contributed by atoms with Crippen LogP contribution in [0.25, 0.3) is 5.69 Å². The fraction of sp³-hybridized carbons (Fsp3) is 0.231. The normalized spacial score (nSPS) is 14.3. The third-order valence-corrected chi connectivity index (χ3v) is 3.12. The number of nitrogens with zero attached hydrogens (tertiary/aromatic N) is 2. The molecular formula is C13H14N2. The summed E-state index contributed by atoms with van der Waals surface area (Å²) in [5.41, 5.74) is 4.17. The average molecular weight is 198 g/mol. The quantitative estimate of drug-likeness (QED) is 0.683. The van der Waals surface area contributed by atoms with E-state index < -0.39 is 0 Å². The van der Waals surface area contributed by atoms with Gasteiger partial charge in [0.25, 0.3) is 0 Å². The predicted molar refractivity (Wildman–Crippen MR) is 62.7 cm³/mol. The van der Waals surface area contributed by atoms with Crippen LogP contribution >= 0.6 is 0 Å². The lowest BCUT2D eigenvalue weighted by Crippen LogP contribution is -2.12. The Balaban J connectivity index is 2.18. The van der Waals surface area contributed by atoms with Crippen molar-refractivity contribution in [3.8, 4) is 5.69 Å². The van der Waals surface area contributed by atoms with Gasteiger partial charge in [-0.1, -0.05) is 6.07 Å². The zero-order chi connectivity index (χ0) is 10.3. The largest absolute Gasteiger partial charge is 0.374 e. The van der Waals surface area contributed by atoms with Crippen LogP contribution in [0.15, 0.2) is 42.7 Å². The molecule has 2 heteroatoms. The minimum Gasteiger partial charge on any atom is -0.374 e. The van der Waals surface area contributed by atoms with Crippen molar-refractivity contribution in [2.75, 3.05) is 18.5 Å². The molecule has 0 saturated carbocycles. The molecule has 3 rings (SSSR count). The highest BCUT2D eigenvalue weighted by molar-refractivity contribution is 5.65. The third-order valence-electron chi connectivity index (χ3n) is 3.12. The van der Waals surface area contributed by atoms with Gasteiger partial charge in [-0.2, -0.15) is 0 Å². The molecule has 0 fully saturated rings. The molecule has 2 heterocycles. The van der Waals surface area contributed by atoms with Gasteiger partial charge in [-0.05, 0) is 30.7 Å². The first-order valence-corrected chi connectivity index (χ1v) is 5.32. The second-order valence-corrected chi connectivity index (χ2v) is 4.04. The molecule has 0 bridgehead atoms. The van der Waals surface area contributed by atoms with Gasteiger partial charge in [-0.15, -0.1) is 0 Å². The zero-order valence-corrected chi connectivity index (χ0v) is 8.85. The topological polar surface area (TPSA) is 8.17 Å². The van der Waals surface area contributed by atoms with E-state index in [9.17, 15) is 0 Å². The number of benzene rings is 1. The molecule has 0 N–H and O–H groups in total. The number of rotatable bonds is 1. The monoisotopic (exact) mass is 198 g/mol. The van der Waals surface area contributed by atoms with E-state index in [4.69, 9.17) is 0 Å². The molecule has 1 aliphatic heterocycles. The Hall–Kier alpha value is -1.70. The number of hydrogen-bond donors (Lipinski definition) is 0. The van der Waals surface area contributed by atoms with Crippen LogP contribution < -0.4 is 4.90 Å². The first-order chi connectivity index (χ1) is 7.36. The summed E-state index contributed by atoms with van der Waals surface area (Å²) in [5, 5.41) is 0. The molecule has 0 atom stereocenters. The molecule has 15 heavy (non-hydrogen) atoms. The lowest BCUT2D eigenvalue weighted by Gasteiger charge is -2.13. The van der Waals surface area contributed by atoms with Crippen molar-refractivity contribution in [2.24, 2.45) is 0 Å². The molecule has 0 aliphatic carbocycles. The van der Waals surface area contributed by atoms with Crippen LogP contribution in [-0.2, 0) is 6.42 Å². The lowest BCUT2D eigenvalue weighted by molar-refractivity contribution is 0.948. The SMILES string of the molecule is CN1CCc2c1cccc2-n1cccc1. The second-order valence-electron chi connectivity index (χ2n) is 4.04. The Morgan fingerprint density at radius 2 is 1.73 bits per heavy atom. The standard InChI is InChI=1S/C13H14N2/c1-14-10-7-11-12(14)5-4-6-13(11)15-8-2-3-9-15/h2-6,8-9H,7,10H2,1H3. The van der Waals surface area contributed by atoms with Crippen LogP contribution in [0.5, 0.6) is 0 Å². The van der Waals surface area contributed by atoms with Gasteiger partial charge in [0, 0.05) is 37.2 Å². The molecule has 0 saturated heterocycles. The predicted octanol–water partition coefficient (Wildman–Crippen LogP) is 2.47. The first-order valence-electron chi connectivity index (χ1n) is 5.32. The molecule has 1 aromatic heterocycles. The highest BCUT2D eigenvalue weighted by atomic mass is 15.1. The minimum absolute atomic E-state index is 1.13. The number of anilines is 1. The molecule has 0 unspecified atom stereocenters. The Morgan fingerprint density at radius 3 is 2.53 bits per heavy atom. The van der Waals surface area contributed by atoms with E-state index in [0.717, 1.165) is 13.0 Å². The summed E-state index contributed by atoms with van der Waals surface area (Å²) in [5.74, 6) is 0. The maximum Gasteiger partial charge on any atom is 0.0502 e. The van der Waals surface area contributed by atoms with Gasteiger partial charge in [0.15, 0.2) is 0 Å². The Morgan fingerprint density at radius 1 is 1.00 bits per heavy atom. The van der Waals surface area contributed by atoms with Crippen LogP contribution in [0.2, 0.25) is 0 Å². The van der Waals surface area contributed by atoms with Gasteiger partial charge in [0.2, 0.25) is 0 Å². The van der Waals surface area contributed by atoms with Crippen LogP contribution in [0.3, 0.4) is 0 Å². The van der Waals surface area contributed by atoms with Crippen LogP contribution in [0.4, 0.5) is 5.69 Å². The van der Waals surface area contributed by atoms with Crippen molar-refractivity contribution in [1.29, 1.82) is 0 Å². The third kappa shape index (κ3) is 1.25. The van der Waals surface area contributed by atoms with Crippen LogP contribution in [-0.4, -0.2) is 18.2 Å². The van der Waals surface area contributed by atoms with Crippen molar-refractivity contribution >= 4 is 5.69 Å². The van der Waals surface area contributed by atoms with Crippen molar-refractivity contribution in [3.05, 3.63) is 48.3 Å². The Bertz CT molecular complexity index is 471. The number of aromatic nitrogens is 1. The molecular weight excluding hydrogens is 184 g/mol. The maximum atomic E-state index is 2.32. The fourth-order valence-corrected chi connectivity index (χ4v) is 2.31. The number of likely N-dealkylation sites (N-methyl/N-ethyl adjacent to an activating group) is 1. The van der Waals surface area contributed by atoms with E-state index in [1.807, 2.05) is 0 Å². The number of hydrogen-bond acceptors (Lipinski definition) is 1. The lowest BCUT2D eigenvalue weighted by atomic mass is 10.1. The molecule has 76 valence electrons. The highest BCUT2D eigenvalue weighted by Gasteiger charge is 2.18. The summed E-state index contributed by atoms with van der Waals surface area (Å²) in [6, 6.07) is 10.7. The summed E-state index contributed by atoms with van der Waals surface area (Å²) < 4.78 is 2.19. The smallest absolute Gasteiger partial charge is 0.0502 e. The van der Waals surface area contributed by atoms with E-state index >= 15 is 0 Å². The van der Waals surface area contributed by atoms with Crippen molar-refractivity contribution in [2.45, 2.75) is 6.42 Å². The summed E-state index contributed by atoms with van der Waals surface area (Å²) in [6.07, 6.45) is 5.36. The fourth-order valence-electron chi connectivity index (χ4n) is 2.31. The van der Waals surface area contributed by atoms with Gasteiger partial charge >= 0.3 is 0 Å². The second kappa shape index (κ2) is 3.16. The van der Waals surface area contributed by atoms with Crippen molar-refractivity contribution < 1.29 is 0 Å². The minimum atomic E-state index is 1.13.